The maximum atomic E-state index is 12.9. The molecule has 180 valence electrons. The van der Waals surface area contributed by atoms with Gasteiger partial charge in [-0.25, -0.2) is 0 Å². The Morgan fingerprint density at radius 1 is 0.972 bits per heavy atom. The highest BCUT2D eigenvalue weighted by Crippen LogP contribution is 2.35. The molecule has 0 radical (unpaired) electrons. The Morgan fingerprint density at radius 2 is 1.69 bits per heavy atom. The van der Waals surface area contributed by atoms with Crippen LogP contribution in [0.1, 0.15) is 28.3 Å². The maximum absolute atomic E-state index is 12.9. The van der Waals surface area contributed by atoms with Gasteiger partial charge in [-0.1, -0.05) is 36.4 Å². The molecule has 0 aliphatic heterocycles. The van der Waals surface area contributed by atoms with Crippen LogP contribution in [0.25, 0.3) is 0 Å². The zero-order valence-electron chi connectivity index (χ0n) is 19.9. The summed E-state index contributed by atoms with van der Waals surface area (Å²) in [6.07, 6.45) is 3.42. The number of nitrogens with zero attached hydrogens (tertiary/aromatic N) is 3. The summed E-state index contributed by atoms with van der Waals surface area (Å²) in [4.78, 5) is 18.8. The Kier molecular flexibility index (Phi) is 7.79. The summed E-state index contributed by atoms with van der Waals surface area (Å²) in [7, 11) is 1.56. The molecule has 1 atom stereocenters. The fourth-order valence-corrected chi connectivity index (χ4v) is 3.95. The van der Waals surface area contributed by atoms with Crippen molar-refractivity contribution in [2.45, 2.75) is 19.2 Å². The third-order valence-corrected chi connectivity index (χ3v) is 5.75. The molecular formula is C29H26N4O3. The molecule has 0 aliphatic carbocycles. The molecule has 7 nitrogen and oxygen atoms in total. The Morgan fingerprint density at radius 3 is 2.33 bits per heavy atom. The lowest BCUT2D eigenvalue weighted by atomic mass is 10.0. The number of anilines is 1. The van der Waals surface area contributed by atoms with Crippen molar-refractivity contribution in [3.63, 3.8) is 0 Å². The summed E-state index contributed by atoms with van der Waals surface area (Å²) in [6.45, 7) is 0.784. The van der Waals surface area contributed by atoms with Gasteiger partial charge in [-0.3, -0.25) is 9.78 Å². The highest BCUT2D eigenvalue weighted by Gasteiger charge is 2.28. The van der Waals surface area contributed by atoms with Crippen LogP contribution in [-0.4, -0.2) is 18.0 Å². The number of rotatable bonds is 10. The smallest absolute Gasteiger partial charge is 0.244 e. The molecule has 1 unspecified atom stereocenters. The number of carbonyl (C=O) groups excluding carboxylic acids is 1. The molecule has 0 spiro atoms. The van der Waals surface area contributed by atoms with Crippen LogP contribution in [0.15, 0.2) is 97.3 Å². The normalized spacial score (nSPS) is 11.2. The Labute approximate surface area is 210 Å². The molecule has 3 aromatic carbocycles. The number of amides is 1. The van der Waals surface area contributed by atoms with Crippen LogP contribution < -0.4 is 20.1 Å². The lowest BCUT2D eigenvalue weighted by Gasteiger charge is -2.32. The molecule has 1 amide bonds. The van der Waals surface area contributed by atoms with Crippen molar-refractivity contribution in [1.29, 1.82) is 5.26 Å². The highest BCUT2D eigenvalue weighted by atomic mass is 16.5. The van der Waals surface area contributed by atoms with Crippen LogP contribution in [0, 0.1) is 11.3 Å². The second-order valence-electron chi connectivity index (χ2n) is 8.13. The monoisotopic (exact) mass is 478 g/mol. The molecule has 0 fully saturated rings. The summed E-state index contributed by atoms with van der Waals surface area (Å²) >= 11 is 0. The van der Waals surface area contributed by atoms with E-state index in [1.165, 1.54) is 0 Å². The number of hydrogen-bond acceptors (Lipinski definition) is 6. The van der Waals surface area contributed by atoms with Gasteiger partial charge in [0, 0.05) is 24.6 Å². The molecule has 4 rings (SSSR count). The average Bonchev–Trinajstić information content (AvgIpc) is 2.93. The molecule has 1 heterocycles. The molecule has 0 bridgehead atoms. The van der Waals surface area contributed by atoms with Gasteiger partial charge < -0.3 is 20.1 Å². The lowest BCUT2D eigenvalue weighted by Crippen LogP contribution is -2.37. The first-order valence-corrected chi connectivity index (χ1v) is 11.4. The van der Waals surface area contributed by atoms with E-state index in [1.54, 1.807) is 43.8 Å². The quantitative estimate of drug-likeness (QED) is 0.352. The first-order chi connectivity index (χ1) is 17.6. The summed E-state index contributed by atoms with van der Waals surface area (Å²) in [5.41, 5.74) is 9.91. The molecule has 2 N–H and O–H groups in total. The van der Waals surface area contributed by atoms with Crippen molar-refractivity contribution < 1.29 is 14.3 Å². The van der Waals surface area contributed by atoms with E-state index in [1.807, 2.05) is 65.6 Å². The van der Waals surface area contributed by atoms with E-state index in [9.17, 15) is 10.1 Å². The largest absolute Gasteiger partial charge is 0.493 e. The van der Waals surface area contributed by atoms with Crippen LogP contribution in [0.5, 0.6) is 11.5 Å². The highest BCUT2D eigenvalue weighted by molar-refractivity contribution is 5.85. The summed E-state index contributed by atoms with van der Waals surface area (Å²) in [5.74, 6) is 0.532. The van der Waals surface area contributed by atoms with E-state index in [-0.39, 0.29) is 0 Å². The third kappa shape index (κ3) is 5.80. The molecule has 0 saturated heterocycles. The number of nitriles is 1. The van der Waals surface area contributed by atoms with Crippen LogP contribution in [0.2, 0.25) is 0 Å². The van der Waals surface area contributed by atoms with Crippen LogP contribution in [0.3, 0.4) is 0 Å². The molecule has 4 aromatic rings. The molecular weight excluding hydrogens is 452 g/mol. The van der Waals surface area contributed by atoms with Crippen molar-refractivity contribution in [2.75, 3.05) is 12.0 Å². The zero-order chi connectivity index (χ0) is 25.3. The van der Waals surface area contributed by atoms with E-state index < -0.39 is 11.9 Å². The average molecular weight is 479 g/mol. The Balaban J connectivity index is 1.69. The van der Waals surface area contributed by atoms with E-state index in [4.69, 9.17) is 15.2 Å². The van der Waals surface area contributed by atoms with Gasteiger partial charge in [-0.15, -0.1) is 0 Å². The van der Waals surface area contributed by atoms with Crippen molar-refractivity contribution in [3.8, 4) is 17.6 Å². The first-order valence-electron chi connectivity index (χ1n) is 11.4. The van der Waals surface area contributed by atoms with E-state index in [0.717, 1.165) is 16.8 Å². The number of hydrogen-bond donors (Lipinski definition) is 1. The number of primary amides is 1. The predicted octanol–water partition coefficient (Wildman–Crippen LogP) is 4.77. The van der Waals surface area contributed by atoms with E-state index >= 15 is 0 Å². The topological polar surface area (TPSA) is 101 Å². The van der Waals surface area contributed by atoms with Crippen molar-refractivity contribution in [3.05, 3.63) is 120 Å². The van der Waals surface area contributed by atoms with Gasteiger partial charge in [-0.05, 0) is 65.2 Å². The van der Waals surface area contributed by atoms with Gasteiger partial charge in [0.1, 0.15) is 12.6 Å². The minimum Gasteiger partial charge on any atom is -0.493 e. The van der Waals surface area contributed by atoms with Gasteiger partial charge in [-0.2, -0.15) is 5.26 Å². The second-order valence-corrected chi connectivity index (χ2v) is 8.13. The van der Waals surface area contributed by atoms with E-state index in [2.05, 4.69) is 11.1 Å². The minimum absolute atomic E-state index is 0.350. The number of pyridine rings is 1. The number of ether oxygens (including phenoxy) is 2. The maximum Gasteiger partial charge on any atom is 0.244 e. The van der Waals surface area contributed by atoms with Gasteiger partial charge in [0.2, 0.25) is 5.91 Å². The van der Waals surface area contributed by atoms with Crippen molar-refractivity contribution in [2.24, 2.45) is 5.73 Å². The first kappa shape index (κ1) is 24.3. The Bertz CT molecular complexity index is 1340. The summed E-state index contributed by atoms with van der Waals surface area (Å²) < 4.78 is 11.6. The van der Waals surface area contributed by atoms with Crippen LogP contribution in [-0.2, 0) is 17.9 Å². The van der Waals surface area contributed by atoms with Crippen LogP contribution in [0.4, 0.5) is 5.69 Å². The Hall–Kier alpha value is -4.83. The molecule has 7 heteroatoms. The van der Waals surface area contributed by atoms with E-state index in [0.29, 0.717) is 35.8 Å². The molecule has 36 heavy (non-hydrogen) atoms. The molecule has 0 saturated carbocycles. The number of carbonyl (C=O) groups is 1. The zero-order valence-corrected chi connectivity index (χ0v) is 19.9. The van der Waals surface area contributed by atoms with Crippen LogP contribution >= 0.6 is 0 Å². The number of aromatic nitrogens is 1. The summed E-state index contributed by atoms with van der Waals surface area (Å²) in [6, 6.07) is 27.4. The molecule has 1 aromatic heterocycles. The third-order valence-electron chi connectivity index (χ3n) is 5.75. The molecule has 0 aliphatic rings. The minimum atomic E-state index is -0.790. The number of nitrogens with two attached hydrogens (primary N) is 1. The van der Waals surface area contributed by atoms with Gasteiger partial charge in [0.25, 0.3) is 0 Å². The van der Waals surface area contributed by atoms with Gasteiger partial charge >= 0.3 is 0 Å². The second kappa shape index (κ2) is 11.5. The van der Waals surface area contributed by atoms with Gasteiger partial charge in [0.05, 0.1) is 18.7 Å². The van der Waals surface area contributed by atoms with Gasteiger partial charge in [0.15, 0.2) is 11.5 Å². The SMILES string of the molecule is COc1cc(C(C(N)=O)N(Cc2ccccc2)c2ccc(C#N)cc2)ccc1OCc1ccncc1. The predicted molar refractivity (Wildman–Crippen MR) is 137 cm³/mol. The number of methoxy groups -OCH3 is 1. The van der Waals surface area contributed by atoms with Crippen molar-refractivity contribution in [1.82, 2.24) is 4.98 Å². The summed E-state index contributed by atoms with van der Waals surface area (Å²) in [5, 5.41) is 9.21. The van der Waals surface area contributed by atoms with Crippen molar-refractivity contribution >= 4 is 11.6 Å². The lowest BCUT2D eigenvalue weighted by molar-refractivity contribution is -0.119. The standard InChI is InChI=1S/C29H26N4O3/c1-35-27-17-24(9-12-26(27)36-20-23-13-15-32-16-14-23)28(29(31)34)33(19-22-5-3-2-4-6-22)25-10-7-21(18-30)8-11-25/h2-17,28H,19-20H2,1H3,(H2,31,34). The number of benzene rings is 3. The fourth-order valence-electron chi connectivity index (χ4n) is 3.95. The fraction of sp³-hybridized carbons (Fsp3) is 0.138.